The fourth-order valence-electron chi connectivity index (χ4n) is 2.04. The van der Waals surface area contributed by atoms with E-state index in [9.17, 15) is 0 Å². The topological polar surface area (TPSA) is 68.3 Å². The Hall–Kier alpha value is -2.67. The number of furan rings is 1. The minimum atomic E-state index is 0.393. The van der Waals surface area contributed by atoms with Gasteiger partial charge >= 0.3 is 0 Å². The second kappa shape index (κ2) is 7.27. The lowest BCUT2D eigenvalue weighted by molar-refractivity contribution is 0.271. The molecule has 3 rings (SSSR count). The number of H-pyrrole nitrogens is 1. The van der Waals surface area contributed by atoms with E-state index in [1.807, 2.05) is 24.3 Å². The summed E-state index contributed by atoms with van der Waals surface area (Å²) in [6, 6.07) is 11.3. The molecule has 0 atom stereocenters. The molecule has 3 aromatic rings. The van der Waals surface area contributed by atoms with E-state index in [1.165, 1.54) is 4.68 Å². The molecule has 0 aliphatic carbocycles. The fraction of sp³-hybridized carbons (Fsp3) is 0.235. The van der Waals surface area contributed by atoms with Crippen molar-refractivity contribution in [1.29, 1.82) is 0 Å². The predicted octanol–water partition coefficient (Wildman–Crippen LogP) is 4.12. The second-order valence-corrected chi connectivity index (χ2v) is 6.05. The molecule has 0 saturated carbocycles. The molecule has 0 spiro atoms. The highest BCUT2D eigenvalue weighted by Gasteiger charge is 2.10. The van der Waals surface area contributed by atoms with Gasteiger partial charge in [0.1, 0.15) is 5.75 Å². The molecule has 0 radical (unpaired) electrons. The van der Waals surface area contributed by atoms with Gasteiger partial charge in [-0.05, 0) is 48.0 Å². The number of nitrogens with one attached hydrogen (secondary N) is 1. The van der Waals surface area contributed by atoms with Crippen LogP contribution in [0.5, 0.6) is 5.75 Å². The number of rotatable bonds is 6. The molecule has 7 heteroatoms. The van der Waals surface area contributed by atoms with Gasteiger partial charge in [0.15, 0.2) is 5.76 Å². The zero-order chi connectivity index (χ0) is 16.9. The third kappa shape index (κ3) is 3.80. The van der Waals surface area contributed by atoms with Gasteiger partial charge in [-0.2, -0.15) is 9.78 Å². The van der Waals surface area contributed by atoms with Gasteiger partial charge in [-0.3, -0.25) is 0 Å². The Bertz CT molecular complexity index is 878. The summed E-state index contributed by atoms with van der Waals surface area (Å²) < 4.78 is 13.0. The van der Waals surface area contributed by atoms with Crippen LogP contribution in [0.25, 0.3) is 11.6 Å². The van der Waals surface area contributed by atoms with E-state index in [0.29, 0.717) is 28.9 Å². The fourth-order valence-corrected chi connectivity index (χ4v) is 2.22. The summed E-state index contributed by atoms with van der Waals surface area (Å²) >= 11 is 5.22. The molecule has 0 saturated heterocycles. The Morgan fingerprint density at radius 2 is 2.25 bits per heavy atom. The van der Waals surface area contributed by atoms with Crippen molar-refractivity contribution in [3.63, 3.8) is 0 Å². The van der Waals surface area contributed by atoms with Gasteiger partial charge in [0.05, 0.1) is 19.1 Å². The zero-order valence-electron chi connectivity index (χ0n) is 13.5. The van der Waals surface area contributed by atoms with Crippen LogP contribution < -0.4 is 4.74 Å². The number of ether oxygens (including phenoxy) is 1. The molecule has 0 amide bonds. The van der Waals surface area contributed by atoms with Crippen LogP contribution in [0.1, 0.15) is 19.4 Å². The van der Waals surface area contributed by atoms with Gasteiger partial charge in [-0.25, -0.2) is 5.10 Å². The maximum Gasteiger partial charge on any atom is 0.219 e. The summed E-state index contributed by atoms with van der Waals surface area (Å²) in [7, 11) is 0. The van der Waals surface area contributed by atoms with E-state index in [4.69, 9.17) is 21.4 Å². The summed E-state index contributed by atoms with van der Waals surface area (Å²) in [5.41, 5.74) is 0.907. The van der Waals surface area contributed by atoms with Gasteiger partial charge in [-0.1, -0.05) is 26.0 Å². The third-order valence-corrected chi connectivity index (χ3v) is 3.42. The highest BCUT2D eigenvalue weighted by molar-refractivity contribution is 7.71. The van der Waals surface area contributed by atoms with Crippen LogP contribution in [0.3, 0.4) is 0 Å². The first kappa shape index (κ1) is 16.2. The van der Waals surface area contributed by atoms with E-state index in [0.717, 1.165) is 11.3 Å². The minimum Gasteiger partial charge on any atom is -0.493 e. The van der Waals surface area contributed by atoms with Crippen molar-refractivity contribution >= 4 is 18.4 Å². The van der Waals surface area contributed by atoms with E-state index < -0.39 is 0 Å². The molecule has 0 aliphatic rings. The maximum absolute atomic E-state index is 5.73. The number of hydrogen-bond donors (Lipinski definition) is 1. The Morgan fingerprint density at radius 1 is 1.38 bits per heavy atom. The van der Waals surface area contributed by atoms with Crippen LogP contribution in [0.15, 0.2) is 52.2 Å². The minimum absolute atomic E-state index is 0.393. The summed E-state index contributed by atoms with van der Waals surface area (Å²) in [6.45, 7) is 4.90. The Kier molecular flexibility index (Phi) is 4.90. The van der Waals surface area contributed by atoms with E-state index in [-0.39, 0.29) is 0 Å². The normalized spacial score (nSPS) is 11.5. The molecule has 0 bridgehead atoms. The lowest BCUT2D eigenvalue weighted by atomic mass is 10.2. The van der Waals surface area contributed by atoms with Crippen molar-refractivity contribution in [3.05, 3.63) is 53.0 Å². The van der Waals surface area contributed by atoms with Crippen molar-refractivity contribution in [1.82, 2.24) is 14.9 Å². The van der Waals surface area contributed by atoms with E-state index in [1.54, 1.807) is 24.6 Å². The highest BCUT2D eigenvalue weighted by Crippen LogP contribution is 2.18. The zero-order valence-corrected chi connectivity index (χ0v) is 14.3. The first-order valence-electron chi connectivity index (χ1n) is 7.62. The van der Waals surface area contributed by atoms with Crippen LogP contribution in [0, 0.1) is 10.7 Å². The van der Waals surface area contributed by atoms with Crippen molar-refractivity contribution in [2.45, 2.75) is 13.8 Å². The second-order valence-electron chi connectivity index (χ2n) is 5.66. The lowest BCUT2D eigenvalue weighted by Crippen LogP contribution is -2.04. The maximum atomic E-state index is 5.73. The average Bonchev–Trinajstić information content (AvgIpc) is 3.21. The van der Waals surface area contributed by atoms with Gasteiger partial charge in [0.25, 0.3) is 0 Å². The summed E-state index contributed by atoms with van der Waals surface area (Å²) in [5.74, 6) is 2.40. The number of aromatic amines is 1. The molecule has 1 aromatic carbocycles. The Morgan fingerprint density at radius 3 is 3.00 bits per heavy atom. The molecule has 24 heavy (non-hydrogen) atoms. The molecule has 0 aliphatic heterocycles. The van der Waals surface area contributed by atoms with Gasteiger partial charge in [-0.15, -0.1) is 5.10 Å². The van der Waals surface area contributed by atoms with Crippen LogP contribution in [-0.2, 0) is 0 Å². The average molecular weight is 342 g/mol. The summed E-state index contributed by atoms with van der Waals surface area (Å²) in [6.07, 6.45) is 3.29. The smallest absolute Gasteiger partial charge is 0.219 e. The third-order valence-electron chi connectivity index (χ3n) is 3.16. The SMILES string of the molecule is CC(C)COc1cccc(/C=N\n2c(-c3ccco3)n[nH]c2=S)c1. The lowest BCUT2D eigenvalue weighted by Gasteiger charge is -2.08. The number of benzene rings is 1. The van der Waals surface area contributed by atoms with Crippen molar-refractivity contribution in [2.75, 3.05) is 6.61 Å². The van der Waals surface area contributed by atoms with Crippen LogP contribution in [-0.4, -0.2) is 27.7 Å². The van der Waals surface area contributed by atoms with Gasteiger partial charge in [0, 0.05) is 0 Å². The first-order valence-corrected chi connectivity index (χ1v) is 8.03. The van der Waals surface area contributed by atoms with Crippen molar-refractivity contribution < 1.29 is 9.15 Å². The quantitative estimate of drug-likeness (QED) is 0.540. The van der Waals surface area contributed by atoms with Gasteiger partial charge < -0.3 is 9.15 Å². The largest absolute Gasteiger partial charge is 0.493 e. The monoisotopic (exact) mass is 342 g/mol. The first-order chi connectivity index (χ1) is 11.6. The molecule has 124 valence electrons. The van der Waals surface area contributed by atoms with E-state index in [2.05, 4.69) is 29.1 Å². The van der Waals surface area contributed by atoms with Crippen LogP contribution >= 0.6 is 12.2 Å². The highest BCUT2D eigenvalue weighted by atomic mass is 32.1. The molecule has 6 nitrogen and oxygen atoms in total. The van der Waals surface area contributed by atoms with Crippen molar-refractivity contribution in [3.8, 4) is 17.3 Å². The molecule has 2 aromatic heterocycles. The molecular formula is C17H18N4O2S. The van der Waals surface area contributed by atoms with Crippen LogP contribution in [0.2, 0.25) is 0 Å². The molecule has 1 N–H and O–H groups in total. The molecule has 2 heterocycles. The van der Waals surface area contributed by atoms with Crippen molar-refractivity contribution in [2.24, 2.45) is 11.0 Å². The summed E-state index contributed by atoms with van der Waals surface area (Å²) in [5, 5.41) is 11.3. The molecular weight excluding hydrogens is 324 g/mol. The Labute approximate surface area is 144 Å². The molecule has 0 unspecified atom stereocenters. The standard InChI is InChI=1S/C17H18N4O2S/c1-12(2)11-23-14-6-3-5-13(9-14)10-18-21-16(19-20-17(21)24)15-7-4-8-22-15/h3-10,12H,11H2,1-2H3,(H,20,24)/b18-10-. The predicted molar refractivity (Wildman–Crippen MR) is 94.9 cm³/mol. The number of nitrogens with zero attached hydrogens (tertiary/aromatic N) is 3. The number of aromatic nitrogens is 3. The molecule has 0 fully saturated rings. The number of hydrogen-bond acceptors (Lipinski definition) is 5. The Balaban J connectivity index is 1.83. The van der Waals surface area contributed by atoms with Crippen LogP contribution in [0.4, 0.5) is 0 Å². The van der Waals surface area contributed by atoms with E-state index >= 15 is 0 Å². The summed E-state index contributed by atoms with van der Waals surface area (Å²) in [4.78, 5) is 0. The van der Waals surface area contributed by atoms with Gasteiger partial charge in [0.2, 0.25) is 10.6 Å².